The van der Waals surface area contributed by atoms with E-state index in [0.29, 0.717) is 11.3 Å². The van der Waals surface area contributed by atoms with Gasteiger partial charge in [-0.3, -0.25) is 9.20 Å². The Kier molecular flexibility index (Phi) is 9.24. The third-order valence-electron chi connectivity index (χ3n) is 6.51. The molecule has 2 aromatic carbocycles. The summed E-state index contributed by atoms with van der Waals surface area (Å²) in [6.07, 6.45) is 0.817. The molecule has 12 heteroatoms. The Morgan fingerprint density at radius 1 is 1.05 bits per heavy atom. The second-order valence-corrected chi connectivity index (χ2v) is 10.0. The predicted octanol–water partition coefficient (Wildman–Crippen LogP) is 5.20. The number of rotatable bonds is 11. The lowest BCUT2D eigenvalue weighted by molar-refractivity contribution is 0.0916. The summed E-state index contributed by atoms with van der Waals surface area (Å²) in [5.41, 5.74) is 0.380. The van der Waals surface area contributed by atoms with Crippen LogP contribution < -0.4 is 20.1 Å². The van der Waals surface area contributed by atoms with Crippen LogP contribution in [-0.4, -0.2) is 47.3 Å². The fraction of sp³-hybridized carbons (Fsp3) is 0.300. The molecule has 2 aromatic heterocycles. The summed E-state index contributed by atoms with van der Waals surface area (Å²) in [5, 5.41) is 5.12. The molecular weight excluding hydrogens is 553 g/mol. The molecule has 2 heterocycles. The number of aromatic nitrogens is 2. The first kappa shape index (κ1) is 30.2. The van der Waals surface area contributed by atoms with Gasteiger partial charge in [0, 0.05) is 12.7 Å². The molecule has 0 bridgehead atoms. The van der Waals surface area contributed by atoms with Crippen LogP contribution in [-0.2, 0) is 18.0 Å². The summed E-state index contributed by atoms with van der Waals surface area (Å²) in [7, 11) is 1.27. The van der Waals surface area contributed by atoms with E-state index in [1.165, 1.54) is 24.5 Å². The fourth-order valence-electron chi connectivity index (χ4n) is 4.24. The van der Waals surface area contributed by atoms with E-state index in [4.69, 9.17) is 14.2 Å². The van der Waals surface area contributed by atoms with Gasteiger partial charge in [0.05, 0.1) is 23.9 Å². The lowest BCUT2D eigenvalue weighted by Gasteiger charge is -2.27. The molecule has 0 aliphatic rings. The number of hydrogen-bond donors (Lipinski definition) is 2. The van der Waals surface area contributed by atoms with Crippen molar-refractivity contribution in [3.63, 3.8) is 0 Å². The van der Waals surface area contributed by atoms with Crippen LogP contribution in [0.4, 0.5) is 18.0 Å². The van der Waals surface area contributed by atoms with E-state index >= 15 is 0 Å². The molecule has 0 saturated carbocycles. The number of alkyl carbamates (subject to hydrolysis) is 1. The molecule has 9 nitrogen and oxygen atoms in total. The number of nitrogens with zero attached hydrogens (tertiary/aromatic N) is 2. The summed E-state index contributed by atoms with van der Waals surface area (Å²) < 4.78 is 60.3. The quantitative estimate of drug-likeness (QED) is 0.251. The number of amides is 2. The van der Waals surface area contributed by atoms with E-state index in [2.05, 4.69) is 15.6 Å². The number of fused-ring (bicyclic) bond motifs is 1. The van der Waals surface area contributed by atoms with Crippen molar-refractivity contribution in [2.45, 2.75) is 39.5 Å². The smallest absolute Gasteiger partial charge is 0.408 e. The molecule has 2 amide bonds. The number of ether oxygens (including phenoxy) is 3. The van der Waals surface area contributed by atoms with Gasteiger partial charge in [-0.05, 0) is 50.1 Å². The predicted molar refractivity (Wildman–Crippen MR) is 148 cm³/mol. The molecule has 2 N–H and O–H groups in total. The molecule has 222 valence electrons. The molecule has 1 atom stereocenters. The third kappa shape index (κ3) is 6.76. The van der Waals surface area contributed by atoms with Gasteiger partial charge in [0.15, 0.2) is 23.0 Å². The van der Waals surface area contributed by atoms with Gasteiger partial charge in [-0.25, -0.2) is 22.9 Å². The van der Waals surface area contributed by atoms with Gasteiger partial charge in [0.25, 0.3) is 5.91 Å². The van der Waals surface area contributed by atoms with Gasteiger partial charge in [-0.2, -0.15) is 0 Å². The zero-order valence-electron chi connectivity index (χ0n) is 23.6. The monoisotopic (exact) mass is 584 g/mol. The molecule has 0 radical (unpaired) electrons. The number of benzene rings is 2. The number of nitrogens with one attached hydrogen (secondary N) is 2. The van der Waals surface area contributed by atoms with Crippen LogP contribution in [0.2, 0.25) is 0 Å². The number of hydrogen-bond acceptors (Lipinski definition) is 6. The Bertz CT molecular complexity index is 1600. The molecule has 42 heavy (non-hydrogen) atoms. The summed E-state index contributed by atoms with van der Waals surface area (Å²) in [6.45, 7) is 3.11. The molecule has 0 fully saturated rings. The van der Waals surface area contributed by atoms with Crippen LogP contribution in [0.25, 0.3) is 5.65 Å². The summed E-state index contributed by atoms with van der Waals surface area (Å²) in [4.78, 5) is 30.0. The van der Waals surface area contributed by atoms with Gasteiger partial charge in [0.1, 0.15) is 31.4 Å². The molecule has 0 aliphatic carbocycles. The van der Waals surface area contributed by atoms with E-state index in [1.54, 1.807) is 50.4 Å². The number of halogens is 3. The average Bonchev–Trinajstić information content (AvgIpc) is 3.31. The maximum Gasteiger partial charge on any atom is 0.408 e. The number of carbonyl (C=O) groups is 2. The highest BCUT2D eigenvalue weighted by molar-refractivity contribution is 5.95. The molecule has 1 unspecified atom stereocenters. The Balaban J connectivity index is 1.48. The topological polar surface area (TPSA) is 103 Å². The van der Waals surface area contributed by atoms with Gasteiger partial charge in [-0.15, -0.1) is 0 Å². The standard InChI is InChI=1S/C30H31F3N4O5/c1-18-12-24(41-15-21-22(32)10-11-23(40-4)25(21)33)27-35-19(2)26(37(27)13-18)28(38)34-17-30(3,16-31)36-29(39)42-14-20-8-6-5-7-9-20/h5-13H,14-17H2,1-4H3,(H,34,38)(H,36,39). The molecule has 4 aromatic rings. The van der Waals surface area contributed by atoms with E-state index < -0.39 is 42.5 Å². The molecule has 4 rings (SSSR count). The summed E-state index contributed by atoms with van der Waals surface area (Å²) >= 11 is 0. The van der Waals surface area contributed by atoms with Crippen LogP contribution >= 0.6 is 0 Å². The highest BCUT2D eigenvalue weighted by Crippen LogP contribution is 2.28. The summed E-state index contributed by atoms with van der Waals surface area (Å²) in [5.74, 6) is -2.20. The Hall–Kier alpha value is -4.74. The van der Waals surface area contributed by atoms with Crippen LogP contribution in [0.5, 0.6) is 11.5 Å². The zero-order valence-corrected chi connectivity index (χ0v) is 23.6. The fourth-order valence-corrected chi connectivity index (χ4v) is 4.24. The van der Waals surface area contributed by atoms with Gasteiger partial charge >= 0.3 is 6.09 Å². The lowest BCUT2D eigenvalue weighted by Crippen LogP contribution is -2.55. The maximum absolute atomic E-state index is 14.6. The zero-order chi connectivity index (χ0) is 30.4. The lowest BCUT2D eigenvalue weighted by atomic mass is 10.1. The number of pyridine rings is 1. The van der Waals surface area contributed by atoms with E-state index in [0.717, 1.165) is 11.6 Å². The van der Waals surface area contributed by atoms with Crippen LogP contribution in [0.15, 0.2) is 54.7 Å². The summed E-state index contributed by atoms with van der Waals surface area (Å²) in [6, 6.07) is 12.9. The number of alkyl halides is 1. The minimum Gasteiger partial charge on any atom is -0.494 e. The normalized spacial score (nSPS) is 12.5. The van der Waals surface area contributed by atoms with Crippen molar-refractivity contribution < 1.29 is 37.0 Å². The van der Waals surface area contributed by atoms with Crippen molar-refractivity contribution >= 4 is 17.6 Å². The first-order valence-corrected chi connectivity index (χ1v) is 13.0. The molecular formula is C30H31F3N4O5. The van der Waals surface area contributed by atoms with Gasteiger partial charge in [0.2, 0.25) is 0 Å². The highest BCUT2D eigenvalue weighted by Gasteiger charge is 2.29. The largest absolute Gasteiger partial charge is 0.494 e. The minimum atomic E-state index is -1.45. The minimum absolute atomic E-state index is 0.00324. The van der Waals surface area contributed by atoms with E-state index in [9.17, 15) is 22.8 Å². The molecule has 0 spiro atoms. The maximum atomic E-state index is 14.6. The second kappa shape index (κ2) is 12.8. The Morgan fingerprint density at radius 2 is 1.79 bits per heavy atom. The van der Waals surface area contributed by atoms with Crippen molar-refractivity contribution in [3.8, 4) is 11.5 Å². The van der Waals surface area contributed by atoms with Gasteiger partial charge in [-0.1, -0.05) is 30.3 Å². The number of methoxy groups -OCH3 is 1. The third-order valence-corrected chi connectivity index (χ3v) is 6.51. The number of carbonyl (C=O) groups excluding carboxylic acids is 2. The van der Waals surface area contributed by atoms with Crippen LogP contribution in [0, 0.1) is 25.5 Å². The van der Waals surface area contributed by atoms with Crippen molar-refractivity contribution in [1.82, 2.24) is 20.0 Å². The first-order valence-electron chi connectivity index (χ1n) is 13.0. The van der Waals surface area contributed by atoms with Crippen molar-refractivity contribution in [2.24, 2.45) is 0 Å². The Labute approximate surface area is 240 Å². The number of aryl methyl sites for hydroxylation is 2. The SMILES string of the molecule is COc1ccc(F)c(COc2cc(C)cn3c(C(=O)NCC(C)(CF)NC(=O)OCc4ccccc4)c(C)nc23)c1F. The first-order chi connectivity index (χ1) is 20.0. The average molecular weight is 585 g/mol. The second-order valence-electron chi connectivity index (χ2n) is 10.0. The molecule has 0 aliphatic heterocycles. The van der Waals surface area contributed by atoms with Crippen LogP contribution in [0.1, 0.15) is 39.8 Å². The molecule has 0 saturated heterocycles. The van der Waals surface area contributed by atoms with Gasteiger partial charge < -0.3 is 24.8 Å². The van der Waals surface area contributed by atoms with E-state index in [-0.39, 0.29) is 41.6 Å². The van der Waals surface area contributed by atoms with E-state index in [1.807, 2.05) is 6.07 Å². The van der Waals surface area contributed by atoms with Crippen molar-refractivity contribution in [2.75, 3.05) is 20.3 Å². The number of imidazole rings is 1. The Morgan fingerprint density at radius 3 is 2.48 bits per heavy atom. The van der Waals surface area contributed by atoms with Crippen LogP contribution in [0.3, 0.4) is 0 Å². The van der Waals surface area contributed by atoms with Crippen molar-refractivity contribution in [1.29, 1.82) is 0 Å². The highest BCUT2D eigenvalue weighted by atomic mass is 19.1. The van der Waals surface area contributed by atoms with Crippen molar-refractivity contribution in [3.05, 3.63) is 94.4 Å².